The number of hydrogen-bond acceptors (Lipinski definition) is 4. The van der Waals surface area contributed by atoms with Crippen LogP contribution in [0.15, 0.2) is 6.20 Å². The monoisotopic (exact) mass is 237 g/mol. The second-order valence-corrected chi connectivity index (χ2v) is 5.85. The molecule has 1 aliphatic carbocycles. The highest BCUT2D eigenvalue weighted by Gasteiger charge is 2.36. The predicted molar refractivity (Wildman–Crippen MR) is 63.7 cm³/mol. The molecular weight excluding hydrogens is 222 g/mol. The molecule has 0 spiro atoms. The molecule has 1 saturated heterocycles. The molecule has 4 nitrogen and oxygen atoms in total. The van der Waals surface area contributed by atoms with Crippen LogP contribution in [-0.4, -0.2) is 30.0 Å². The minimum Gasteiger partial charge on any atom is -0.353 e. The average molecular weight is 237 g/mol. The molecule has 1 aliphatic heterocycles. The van der Waals surface area contributed by atoms with E-state index in [4.69, 9.17) is 0 Å². The van der Waals surface area contributed by atoms with Gasteiger partial charge in [0, 0.05) is 30.2 Å². The largest absolute Gasteiger partial charge is 0.353 e. The lowest BCUT2D eigenvalue weighted by molar-refractivity contribution is -0.125. The van der Waals surface area contributed by atoms with Crippen LogP contribution in [0.3, 0.4) is 0 Å². The van der Waals surface area contributed by atoms with E-state index in [-0.39, 0.29) is 11.8 Å². The maximum absolute atomic E-state index is 11.7. The van der Waals surface area contributed by atoms with Gasteiger partial charge in [-0.15, -0.1) is 11.3 Å². The first-order chi connectivity index (χ1) is 7.72. The lowest BCUT2D eigenvalue weighted by Crippen LogP contribution is -2.54. The Labute approximate surface area is 98.7 Å². The highest BCUT2D eigenvalue weighted by atomic mass is 32.1. The van der Waals surface area contributed by atoms with Crippen LogP contribution in [0.4, 0.5) is 5.13 Å². The molecule has 2 fully saturated rings. The maximum Gasteiger partial charge on any atom is 0.226 e. The number of aryl methyl sites for hydroxylation is 1. The molecule has 2 aliphatic rings. The molecule has 0 unspecified atom stereocenters. The third kappa shape index (κ3) is 1.91. The Morgan fingerprint density at radius 3 is 2.88 bits per heavy atom. The molecule has 2 heterocycles. The number of amides is 1. The van der Waals surface area contributed by atoms with Crippen LogP contribution in [0.2, 0.25) is 0 Å². The number of nitrogens with one attached hydrogen (secondary N) is 1. The smallest absolute Gasteiger partial charge is 0.226 e. The first-order valence-electron chi connectivity index (χ1n) is 5.70. The summed E-state index contributed by atoms with van der Waals surface area (Å²) >= 11 is 1.69. The Kier molecular flexibility index (Phi) is 2.35. The molecule has 1 saturated carbocycles. The first kappa shape index (κ1) is 10.1. The summed E-state index contributed by atoms with van der Waals surface area (Å²) in [4.78, 5) is 19.4. The van der Waals surface area contributed by atoms with Gasteiger partial charge in [0.2, 0.25) is 5.91 Å². The van der Waals surface area contributed by atoms with Crippen LogP contribution < -0.4 is 10.2 Å². The van der Waals surface area contributed by atoms with Gasteiger partial charge in [0.15, 0.2) is 5.13 Å². The van der Waals surface area contributed by atoms with E-state index in [2.05, 4.69) is 22.1 Å². The SMILES string of the molecule is Cc1cnc(N2CC(C(=O)NC3CC3)C2)s1. The fourth-order valence-corrected chi connectivity index (χ4v) is 2.61. The summed E-state index contributed by atoms with van der Waals surface area (Å²) in [6.45, 7) is 3.70. The van der Waals surface area contributed by atoms with E-state index in [1.54, 1.807) is 11.3 Å². The van der Waals surface area contributed by atoms with Gasteiger partial charge in [-0.05, 0) is 19.8 Å². The Morgan fingerprint density at radius 1 is 1.56 bits per heavy atom. The lowest BCUT2D eigenvalue weighted by atomic mass is 10.0. The molecule has 16 heavy (non-hydrogen) atoms. The van der Waals surface area contributed by atoms with Crippen LogP contribution in [0.5, 0.6) is 0 Å². The van der Waals surface area contributed by atoms with E-state index in [1.165, 1.54) is 4.88 Å². The van der Waals surface area contributed by atoms with Gasteiger partial charge >= 0.3 is 0 Å². The molecule has 0 aromatic carbocycles. The van der Waals surface area contributed by atoms with Crippen molar-refractivity contribution in [3.05, 3.63) is 11.1 Å². The number of thiazole rings is 1. The summed E-state index contributed by atoms with van der Waals surface area (Å²) < 4.78 is 0. The summed E-state index contributed by atoms with van der Waals surface area (Å²) in [5.74, 6) is 0.400. The minimum atomic E-state index is 0.171. The van der Waals surface area contributed by atoms with Crippen molar-refractivity contribution in [2.75, 3.05) is 18.0 Å². The second kappa shape index (κ2) is 3.73. The highest BCUT2D eigenvalue weighted by molar-refractivity contribution is 7.15. The molecule has 1 N–H and O–H groups in total. The van der Waals surface area contributed by atoms with Gasteiger partial charge < -0.3 is 10.2 Å². The predicted octanol–water partition coefficient (Wildman–Crippen LogP) is 1.17. The Bertz CT molecular complexity index is 407. The Morgan fingerprint density at radius 2 is 2.31 bits per heavy atom. The first-order valence-corrected chi connectivity index (χ1v) is 6.52. The summed E-state index contributed by atoms with van der Waals surface area (Å²) in [5.41, 5.74) is 0. The number of carbonyl (C=O) groups excluding carboxylic acids is 1. The van der Waals surface area contributed by atoms with Gasteiger partial charge in [-0.1, -0.05) is 0 Å². The zero-order valence-electron chi connectivity index (χ0n) is 9.27. The highest BCUT2D eigenvalue weighted by Crippen LogP contribution is 2.29. The standard InChI is InChI=1S/C11H15N3OS/c1-7-4-12-11(16-7)14-5-8(6-14)10(15)13-9-2-3-9/h4,8-9H,2-3,5-6H2,1H3,(H,13,15). The molecule has 0 radical (unpaired) electrons. The molecule has 0 bridgehead atoms. The van der Waals surface area contributed by atoms with E-state index in [0.29, 0.717) is 6.04 Å². The lowest BCUT2D eigenvalue weighted by Gasteiger charge is -2.38. The number of anilines is 1. The van der Waals surface area contributed by atoms with E-state index in [1.807, 2.05) is 6.20 Å². The van der Waals surface area contributed by atoms with Crippen LogP contribution in [0.1, 0.15) is 17.7 Å². The molecule has 0 atom stereocenters. The average Bonchev–Trinajstić information content (AvgIpc) is 2.86. The maximum atomic E-state index is 11.7. The molecule has 3 rings (SSSR count). The van der Waals surface area contributed by atoms with Gasteiger partial charge in [0.1, 0.15) is 0 Å². The number of nitrogens with zero attached hydrogens (tertiary/aromatic N) is 2. The Balaban J connectivity index is 1.52. The molecule has 86 valence electrons. The van der Waals surface area contributed by atoms with Crippen molar-refractivity contribution in [2.45, 2.75) is 25.8 Å². The van der Waals surface area contributed by atoms with Crippen molar-refractivity contribution in [3.63, 3.8) is 0 Å². The number of rotatable bonds is 3. The van der Waals surface area contributed by atoms with Crippen LogP contribution in [-0.2, 0) is 4.79 Å². The second-order valence-electron chi connectivity index (χ2n) is 4.64. The van der Waals surface area contributed by atoms with Crippen molar-refractivity contribution in [1.82, 2.24) is 10.3 Å². The van der Waals surface area contributed by atoms with E-state index < -0.39 is 0 Å². The number of carbonyl (C=O) groups is 1. The van der Waals surface area contributed by atoms with E-state index >= 15 is 0 Å². The summed E-state index contributed by atoms with van der Waals surface area (Å²) in [5, 5.41) is 4.10. The van der Waals surface area contributed by atoms with Crippen molar-refractivity contribution < 1.29 is 4.79 Å². The molecule has 1 aromatic rings. The normalized spacial score (nSPS) is 20.7. The summed E-state index contributed by atoms with van der Waals surface area (Å²) in [7, 11) is 0. The van der Waals surface area contributed by atoms with Crippen LogP contribution >= 0.6 is 11.3 Å². The fraction of sp³-hybridized carbons (Fsp3) is 0.636. The van der Waals surface area contributed by atoms with Crippen molar-refractivity contribution in [1.29, 1.82) is 0 Å². The van der Waals surface area contributed by atoms with Crippen LogP contribution in [0, 0.1) is 12.8 Å². The van der Waals surface area contributed by atoms with Crippen molar-refractivity contribution in [3.8, 4) is 0 Å². The molecule has 1 aromatic heterocycles. The third-order valence-corrected chi connectivity index (χ3v) is 4.03. The number of aromatic nitrogens is 1. The third-order valence-electron chi connectivity index (χ3n) is 3.06. The zero-order chi connectivity index (χ0) is 11.1. The molecule has 5 heteroatoms. The summed E-state index contributed by atoms with van der Waals surface area (Å²) in [6.07, 6.45) is 4.21. The van der Waals surface area contributed by atoms with Gasteiger partial charge in [-0.25, -0.2) is 4.98 Å². The van der Waals surface area contributed by atoms with E-state index in [0.717, 1.165) is 31.1 Å². The zero-order valence-corrected chi connectivity index (χ0v) is 10.1. The molecular formula is C11H15N3OS. The van der Waals surface area contributed by atoms with E-state index in [9.17, 15) is 4.79 Å². The minimum absolute atomic E-state index is 0.171. The van der Waals surface area contributed by atoms with Crippen LogP contribution in [0.25, 0.3) is 0 Å². The molecule has 1 amide bonds. The topological polar surface area (TPSA) is 45.2 Å². The Hall–Kier alpha value is -1.10. The van der Waals surface area contributed by atoms with Gasteiger partial charge in [0.05, 0.1) is 5.92 Å². The van der Waals surface area contributed by atoms with Gasteiger partial charge in [-0.3, -0.25) is 4.79 Å². The van der Waals surface area contributed by atoms with Crippen molar-refractivity contribution >= 4 is 22.4 Å². The number of hydrogen-bond donors (Lipinski definition) is 1. The van der Waals surface area contributed by atoms with Gasteiger partial charge in [0.25, 0.3) is 0 Å². The fourth-order valence-electron chi connectivity index (χ4n) is 1.84. The van der Waals surface area contributed by atoms with Gasteiger partial charge in [-0.2, -0.15) is 0 Å². The van der Waals surface area contributed by atoms with Crippen molar-refractivity contribution in [2.24, 2.45) is 5.92 Å². The quantitative estimate of drug-likeness (QED) is 0.858. The summed E-state index contributed by atoms with van der Waals surface area (Å²) in [6, 6.07) is 0.476.